The molecular formula is C10H15N5O3. The number of nitrogen functional groups attached to an aromatic ring is 1. The summed E-state index contributed by atoms with van der Waals surface area (Å²) >= 11 is 0. The first-order valence-electron chi connectivity index (χ1n) is 5.34. The Bertz CT molecular complexity index is 463. The van der Waals surface area contributed by atoms with Crippen LogP contribution in [0.3, 0.4) is 0 Å². The standard InChI is InChI=1S/C10H15N5O3/c1-3-14(2)9(16)6-12-8-5-4-7(15(17)18)10(11)13-8/h4-5H,3,6H2,1-2H3,(H3,11,12,13). The molecule has 0 unspecified atom stereocenters. The molecular weight excluding hydrogens is 238 g/mol. The average Bonchev–Trinajstić information content (AvgIpc) is 2.34. The van der Waals surface area contributed by atoms with Gasteiger partial charge in [0.1, 0.15) is 5.82 Å². The van der Waals surface area contributed by atoms with Crippen LogP contribution in [0.1, 0.15) is 6.92 Å². The Morgan fingerprint density at radius 1 is 1.61 bits per heavy atom. The van der Waals surface area contributed by atoms with E-state index in [9.17, 15) is 14.9 Å². The number of nitrogens with two attached hydrogens (primary N) is 1. The first kappa shape index (κ1) is 13.7. The quantitative estimate of drug-likeness (QED) is 0.582. The normalized spacial score (nSPS) is 9.89. The van der Waals surface area contributed by atoms with Crippen molar-refractivity contribution in [2.45, 2.75) is 6.92 Å². The third-order valence-corrected chi connectivity index (χ3v) is 2.42. The van der Waals surface area contributed by atoms with Gasteiger partial charge in [0.25, 0.3) is 0 Å². The van der Waals surface area contributed by atoms with Crippen molar-refractivity contribution in [2.24, 2.45) is 0 Å². The smallest absolute Gasteiger partial charge is 0.311 e. The van der Waals surface area contributed by atoms with Crippen LogP contribution in [0.2, 0.25) is 0 Å². The van der Waals surface area contributed by atoms with E-state index in [1.54, 1.807) is 11.9 Å². The molecule has 0 spiro atoms. The van der Waals surface area contributed by atoms with Crippen molar-refractivity contribution in [2.75, 3.05) is 31.2 Å². The largest absolute Gasteiger partial charge is 0.378 e. The van der Waals surface area contributed by atoms with Gasteiger partial charge in [0, 0.05) is 19.7 Å². The fraction of sp³-hybridized carbons (Fsp3) is 0.400. The fourth-order valence-corrected chi connectivity index (χ4v) is 1.20. The minimum atomic E-state index is -0.609. The van der Waals surface area contributed by atoms with E-state index in [1.807, 2.05) is 6.92 Å². The molecule has 98 valence electrons. The van der Waals surface area contributed by atoms with Gasteiger partial charge in [-0.2, -0.15) is 0 Å². The van der Waals surface area contributed by atoms with Crippen LogP contribution in [-0.2, 0) is 4.79 Å². The molecule has 0 bridgehead atoms. The first-order valence-corrected chi connectivity index (χ1v) is 5.34. The van der Waals surface area contributed by atoms with E-state index >= 15 is 0 Å². The number of nitrogens with zero attached hydrogens (tertiary/aromatic N) is 3. The predicted molar refractivity (Wildman–Crippen MR) is 67.1 cm³/mol. The fourth-order valence-electron chi connectivity index (χ4n) is 1.20. The molecule has 0 aliphatic heterocycles. The van der Waals surface area contributed by atoms with Gasteiger partial charge in [-0.15, -0.1) is 0 Å². The second-order valence-corrected chi connectivity index (χ2v) is 3.62. The Morgan fingerprint density at radius 2 is 2.28 bits per heavy atom. The minimum absolute atomic E-state index is 0.0641. The molecule has 0 aromatic carbocycles. The number of aromatic nitrogens is 1. The molecule has 0 saturated heterocycles. The van der Waals surface area contributed by atoms with Gasteiger partial charge < -0.3 is 16.0 Å². The molecule has 18 heavy (non-hydrogen) atoms. The molecule has 1 aromatic rings. The summed E-state index contributed by atoms with van der Waals surface area (Å²) in [6.07, 6.45) is 0. The number of hydrogen-bond acceptors (Lipinski definition) is 6. The van der Waals surface area contributed by atoms with Crippen LogP contribution in [-0.4, -0.2) is 40.9 Å². The SMILES string of the molecule is CCN(C)C(=O)CNc1ccc([N+](=O)[O-])c(N)n1. The lowest BCUT2D eigenvalue weighted by molar-refractivity contribution is -0.384. The lowest BCUT2D eigenvalue weighted by Gasteiger charge is -2.14. The Hall–Kier alpha value is -2.38. The molecule has 8 nitrogen and oxygen atoms in total. The molecule has 0 aliphatic carbocycles. The number of anilines is 2. The predicted octanol–water partition coefficient (Wildman–Crippen LogP) is 0.462. The zero-order chi connectivity index (χ0) is 13.7. The number of nitrogens with one attached hydrogen (secondary N) is 1. The summed E-state index contributed by atoms with van der Waals surface area (Å²) in [4.78, 5) is 26.8. The molecule has 1 aromatic heterocycles. The maximum atomic E-state index is 11.5. The number of likely N-dealkylation sites (N-methyl/N-ethyl adjacent to an activating group) is 1. The molecule has 1 heterocycles. The summed E-state index contributed by atoms with van der Waals surface area (Å²) in [5.41, 5.74) is 5.17. The Morgan fingerprint density at radius 3 is 2.78 bits per heavy atom. The van der Waals surface area contributed by atoms with Crippen LogP contribution >= 0.6 is 0 Å². The van der Waals surface area contributed by atoms with E-state index in [1.165, 1.54) is 12.1 Å². The summed E-state index contributed by atoms with van der Waals surface area (Å²) < 4.78 is 0. The van der Waals surface area contributed by atoms with E-state index in [0.717, 1.165) is 0 Å². The van der Waals surface area contributed by atoms with Crippen LogP contribution in [0, 0.1) is 10.1 Å². The molecule has 0 radical (unpaired) electrons. The minimum Gasteiger partial charge on any atom is -0.378 e. The van der Waals surface area contributed by atoms with E-state index in [-0.39, 0.29) is 24.0 Å². The monoisotopic (exact) mass is 253 g/mol. The highest BCUT2D eigenvalue weighted by Gasteiger charge is 2.13. The van der Waals surface area contributed by atoms with Crippen molar-refractivity contribution in [3.05, 3.63) is 22.2 Å². The summed E-state index contributed by atoms with van der Waals surface area (Å²) in [6.45, 7) is 2.53. The molecule has 0 saturated carbocycles. The zero-order valence-electron chi connectivity index (χ0n) is 10.2. The van der Waals surface area contributed by atoms with Crippen LogP contribution in [0.4, 0.5) is 17.3 Å². The van der Waals surface area contributed by atoms with Crippen LogP contribution in [0.5, 0.6) is 0 Å². The third-order valence-electron chi connectivity index (χ3n) is 2.42. The molecule has 1 rings (SSSR count). The summed E-state index contributed by atoms with van der Waals surface area (Å²) in [6, 6.07) is 2.66. The number of carbonyl (C=O) groups excluding carboxylic acids is 1. The summed E-state index contributed by atoms with van der Waals surface area (Å²) in [5, 5.41) is 13.3. The van der Waals surface area contributed by atoms with Gasteiger partial charge >= 0.3 is 5.69 Å². The number of amides is 1. The lowest BCUT2D eigenvalue weighted by atomic mass is 10.3. The lowest BCUT2D eigenvalue weighted by Crippen LogP contribution is -2.32. The highest BCUT2D eigenvalue weighted by Crippen LogP contribution is 2.20. The van der Waals surface area contributed by atoms with Crippen molar-refractivity contribution in [1.82, 2.24) is 9.88 Å². The number of rotatable bonds is 5. The van der Waals surface area contributed by atoms with Crippen LogP contribution < -0.4 is 11.1 Å². The number of nitro groups is 1. The Kier molecular flexibility index (Phi) is 4.41. The van der Waals surface area contributed by atoms with Gasteiger partial charge in [-0.05, 0) is 13.0 Å². The third kappa shape index (κ3) is 3.30. The topological polar surface area (TPSA) is 114 Å². The number of pyridine rings is 1. The highest BCUT2D eigenvalue weighted by atomic mass is 16.6. The van der Waals surface area contributed by atoms with Crippen LogP contribution in [0.25, 0.3) is 0 Å². The summed E-state index contributed by atoms with van der Waals surface area (Å²) in [7, 11) is 1.68. The molecule has 0 fully saturated rings. The van der Waals surface area contributed by atoms with Gasteiger partial charge in [-0.1, -0.05) is 0 Å². The number of carbonyl (C=O) groups is 1. The van der Waals surface area contributed by atoms with Crippen molar-refractivity contribution >= 4 is 23.2 Å². The van der Waals surface area contributed by atoms with Crippen molar-refractivity contribution in [3.63, 3.8) is 0 Å². The van der Waals surface area contributed by atoms with Gasteiger partial charge in [0.2, 0.25) is 11.7 Å². The molecule has 0 aliphatic rings. The summed E-state index contributed by atoms with van der Waals surface area (Å²) in [5.74, 6) is 0.0495. The molecule has 8 heteroatoms. The molecule has 0 atom stereocenters. The van der Waals surface area contributed by atoms with E-state index in [4.69, 9.17) is 5.73 Å². The van der Waals surface area contributed by atoms with Gasteiger partial charge in [-0.25, -0.2) is 4.98 Å². The zero-order valence-corrected chi connectivity index (χ0v) is 10.2. The second kappa shape index (κ2) is 5.80. The Labute approximate surface area is 104 Å². The first-order chi connectivity index (χ1) is 8.45. The van der Waals surface area contributed by atoms with Gasteiger partial charge in [0.05, 0.1) is 11.5 Å². The average molecular weight is 253 g/mol. The van der Waals surface area contributed by atoms with Crippen LogP contribution in [0.15, 0.2) is 12.1 Å². The highest BCUT2D eigenvalue weighted by molar-refractivity contribution is 5.80. The van der Waals surface area contributed by atoms with E-state index < -0.39 is 4.92 Å². The maximum absolute atomic E-state index is 11.5. The number of hydrogen-bond donors (Lipinski definition) is 2. The van der Waals surface area contributed by atoms with Gasteiger partial charge in [0.15, 0.2) is 0 Å². The maximum Gasteiger partial charge on any atom is 0.311 e. The molecule has 3 N–H and O–H groups in total. The van der Waals surface area contributed by atoms with Crippen molar-refractivity contribution in [1.29, 1.82) is 0 Å². The van der Waals surface area contributed by atoms with E-state index in [0.29, 0.717) is 12.4 Å². The van der Waals surface area contributed by atoms with E-state index in [2.05, 4.69) is 10.3 Å². The van der Waals surface area contributed by atoms with Crippen molar-refractivity contribution in [3.8, 4) is 0 Å². The van der Waals surface area contributed by atoms with Gasteiger partial charge in [-0.3, -0.25) is 14.9 Å². The van der Waals surface area contributed by atoms with Crippen molar-refractivity contribution < 1.29 is 9.72 Å². The second-order valence-electron chi connectivity index (χ2n) is 3.62. The molecule has 1 amide bonds. The Balaban J connectivity index is 2.67.